The Bertz CT molecular complexity index is 1110. The van der Waals surface area contributed by atoms with Crippen molar-refractivity contribution in [2.75, 3.05) is 0 Å². The second-order valence-corrected chi connectivity index (χ2v) is 8.18. The molecule has 0 saturated heterocycles. The van der Waals surface area contributed by atoms with Crippen molar-refractivity contribution in [1.82, 2.24) is 4.37 Å². The van der Waals surface area contributed by atoms with Gasteiger partial charge in [0.2, 0.25) is 0 Å². The molecule has 0 aliphatic heterocycles. The molecule has 0 radical (unpaired) electrons. The van der Waals surface area contributed by atoms with Gasteiger partial charge in [-0.3, -0.25) is 4.79 Å². The highest BCUT2D eigenvalue weighted by Crippen LogP contribution is 2.39. The minimum Gasteiger partial charge on any atom is -0.488 e. The molecular weight excluding hydrogens is 451 g/mol. The average molecular weight is 470 g/mol. The number of nitrogens with zero attached hydrogens (tertiary/aromatic N) is 1. The summed E-state index contributed by atoms with van der Waals surface area (Å²) >= 11 is 7.44. The summed E-state index contributed by atoms with van der Waals surface area (Å²) in [4.78, 5) is 11.6. The summed E-state index contributed by atoms with van der Waals surface area (Å²) in [5, 5.41) is 9.07. The fourth-order valence-corrected chi connectivity index (χ4v) is 4.40. The number of carbonyl (C=O) groups is 1. The molecular formula is C22H19ClF3NO3S. The van der Waals surface area contributed by atoms with Crippen molar-refractivity contribution in [2.45, 2.75) is 39.5 Å². The lowest BCUT2D eigenvalue weighted by Gasteiger charge is -2.17. The topological polar surface area (TPSA) is 59.4 Å². The third-order valence-corrected chi connectivity index (χ3v) is 6.15. The van der Waals surface area contributed by atoms with E-state index in [4.69, 9.17) is 21.4 Å². The summed E-state index contributed by atoms with van der Waals surface area (Å²) < 4.78 is 50.6. The van der Waals surface area contributed by atoms with Crippen LogP contribution in [0.2, 0.25) is 5.15 Å². The number of carboxylic acid groups (broad SMARTS) is 1. The first kappa shape index (κ1) is 23.1. The molecule has 0 amide bonds. The Morgan fingerprint density at radius 2 is 1.90 bits per heavy atom. The standard InChI is InChI=1S/C22H19ClF3NO3S/c1-12-5-3-4-6-15(12)20-16(21(23)27-31-20)11-30-18-10-17(22(24,25)26)14(9-13(18)2)7-8-19(28)29/h3-6,9-10H,7-8,11H2,1-2H3,(H,28,29). The number of ether oxygens (including phenoxy) is 1. The van der Waals surface area contributed by atoms with Gasteiger partial charge in [0, 0.05) is 12.0 Å². The zero-order valence-corrected chi connectivity index (χ0v) is 18.3. The lowest BCUT2D eigenvalue weighted by Crippen LogP contribution is -2.12. The van der Waals surface area contributed by atoms with Crippen molar-refractivity contribution < 1.29 is 27.8 Å². The van der Waals surface area contributed by atoms with Crippen molar-refractivity contribution >= 4 is 29.1 Å². The first-order valence-corrected chi connectivity index (χ1v) is 10.5. The molecule has 0 spiro atoms. The van der Waals surface area contributed by atoms with E-state index in [-0.39, 0.29) is 29.5 Å². The second-order valence-electron chi connectivity index (χ2n) is 7.05. The number of aromatic nitrogens is 1. The van der Waals surface area contributed by atoms with E-state index in [1.165, 1.54) is 17.6 Å². The van der Waals surface area contributed by atoms with Crippen molar-refractivity contribution in [2.24, 2.45) is 0 Å². The van der Waals surface area contributed by atoms with Crippen molar-refractivity contribution in [3.05, 3.63) is 69.4 Å². The lowest BCUT2D eigenvalue weighted by molar-refractivity contribution is -0.140. The number of aliphatic carboxylic acids is 1. The van der Waals surface area contributed by atoms with Gasteiger partial charge in [-0.05, 0) is 60.1 Å². The molecule has 31 heavy (non-hydrogen) atoms. The molecule has 4 nitrogen and oxygen atoms in total. The Labute approximate surface area is 186 Å². The highest BCUT2D eigenvalue weighted by Gasteiger charge is 2.34. The van der Waals surface area contributed by atoms with Crippen LogP contribution >= 0.6 is 23.1 Å². The molecule has 9 heteroatoms. The van der Waals surface area contributed by atoms with Crippen molar-refractivity contribution in [1.29, 1.82) is 0 Å². The number of aryl methyl sites for hydroxylation is 3. The van der Waals surface area contributed by atoms with Crippen LogP contribution in [0, 0.1) is 13.8 Å². The Morgan fingerprint density at radius 1 is 1.19 bits per heavy atom. The van der Waals surface area contributed by atoms with Gasteiger partial charge in [-0.2, -0.15) is 17.5 Å². The summed E-state index contributed by atoms with van der Waals surface area (Å²) in [5.74, 6) is -1.10. The van der Waals surface area contributed by atoms with Gasteiger partial charge in [0.25, 0.3) is 0 Å². The number of carboxylic acids is 1. The normalized spacial score (nSPS) is 11.5. The predicted octanol–water partition coefficient (Wildman–Crippen LogP) is 6.70. The highest BCUT2D eigenvalue weighted by molar-refractivity contribution is 7.10. The third kappa shape index (κ3) is 5.37. The van der Waals surface area contributed by atoms with E-state index >= 15 is 0 Å². The zero-order chi connectivity index (χ0) is 22.8. The molecule has 0 bridgehead atoms. The molecule has 0 aliphatic rings. The molecule has 0 saturated carbocycles. The van der Waals surface area contributed by atoms with E-state index in [2.05, 4.69) is 4.37 Å². The quantitative estimate of drug-likeness (QED) is 0.418. The van der Waals surface area contributed by atoms with Gasteiger partial charge >= 0.3 is 12.1 Å². The van der Waals surface area contributed by atoms with Crippen molar-refractivity contribution in [3.8, 4) is 16.2 Å². The number of hydrogen-bond acceptors (Lipinski definition) is 4. The van der Waals surface area contributed by atoms with Crippen LogP contribution in [0.25, 0.3) is 10.4 Å². The van der Waals surface area contributed by atoms with Gasteiger partial charge in [-0.15, -0.1) is 0 Å². The fourth-order valence-electron chi connectivity index (χ4n) is 3.22. The maximum atomic E-state index is 13.6. The minimum atomic E-state index is -4.63. The van der Waals surface area contributed by atoms with Crippen LogP contribution in [0.5, 0.6) is 5.75 Å². The number of alkyl halides is 3. The summed E-state index contributed by atoms with van der Waals surface area (Å²) in [6, 6.07) is 9.92. The number of hydrogen-bond donors (Lipinski definition) is 1. The first-order chi connectivity index (χ1) is 14.6. The van der Waals surface area contributed by atoms with E-state index < -0.39 is 24.1 Å². The second kappa shape index (κ2) is 9.28. The molecule has 164 valence electrons. The first-order valence-electron chi connectivity index (χ1n) is 9.33. The van der Waals surface area contributed by atoms with Crippen LogP contribution in [0.1, 0.15) is 34.2 Å². The number of benzene rings is 2. The molecule has 2 aromatic carbocycles. The molecule has 1 heterocycles. The molecule has 1 aromatic heterocycles. The van der Waals surface area contributed by atoms with Gasteiger partial charge in [-0.25, -0.2) is 0 Å². The Balaban J connectivity index is 1.92. The Hall–Kier alpha value is -2.58. The highest BCUT2D eigenvalue weighted by atomic mass is 35.5. The Kier molecular flexibility index (Phi) is 6.91. The van der Waals surface area contributed by atoms with Crippen LogP contribution in [0.4, 0.5) is 13.2 Å². The van der Waals surface area contributed by atoms with Crippen LogP contribution in [0.15, 0.2) is 36.4 Å². The maximum absolute atomic E-state index is 13.6. The average Bonchev–Trinajstić information content (AvgIpc) is 3.05. The summed E-state index contributed by atoms with van der Waals surface area (Å²) in [6.07, 6.45) is -5.24. The van der Waals surface area contributed by atoms with Gasteiger partial charge in [0.1, 0.15) is 17.5 Å². The Morgan fingerprint density at radius 3 is 2.55 bits per heavy atom. The van der Waals surface area contributed by atoms with Crippen LogP contribution < -0.4 is 4.74 Å². The van der Waals surface area contributed by atoms with Crippen LogP contribution in [-0.4, -0.2) is 15.4 Å². The van der Waals surface area contributed by atoms with E-state index in [9.17, 15) is 18.0 Å². The van der Waals surface area contributed by atoms with E-state index in [1.54, 1.807) is 6.92 Å². The summed E-state index contributed by atoms with van der Waals surface area (Å²) in [6.45, 7) is 3.52. The number of rotatable bonds is 7. The summed E-state index contributed by atoms with van der Waals surface area (Å²) in [5.41, 5.74) is 2.05. The van der Waals surface area contributed by atoms with E-state index in [1.807, 2.05) is 31.2 Å². The molecule has 0 aliphatic carbocycles. The largest absolute Gasteiger partial charge is 0.488 e. The van der Waals surface area contributed by atoms with Crippen LogP contribution in [0.3, 0.4) is 0 Å². The number of halogens is 4. The van der Waals surface area contributed by atoms with Gasteiger partial charge < -0.3 is 9.84 Å². The molecule has 0 fully saturated rings. The lowest BCUT2D eigenvalue weighted by atomic mass is 9.99. The fraction of sp³-hybridized carbons (Fsp3) is 0.273. The van der Waals surface area contributed by atoms with Crippen LogP contribution in [-0.2, 0) is 24.0 Å². The molecule has 0 unspecified atom stereocenters. The van der Waals surface area contributed by atoms with E-state index in [0.29, 0.717) is 11.1 Å². The predicted molar refractivity (Wildman–Crippen MR) is 114 cm³/mol. The van der Waals surface area contributed by atoms with Gasteiger partial charge in [-0.1, -0.05) is 41.9 Å². The molecule has 0 atom stereocenters. The minimum absolute atomic E-state index is 0.0500. The van der Waals surface area contributed by atoms with E-state index in [0.717, 1.165) is 22.1 Å². The third-order valence-electron chi connectivity index (χ3n) is 4.82. The summed E-state index contributed by atoms with van der Waals surface area (Å²) in [7, 11) is 0. The maximum Gasteiger partial charge on any atom is 0.416 e. The van der Waals surface area contributed by atoms with Crippen molar-refractivity contribution in [3.63, 3.8) is 0 Å². The van der Waals surface area contributed by atoms with Gasteiger partial charge in [0.05, 0.1) is 10.4 Å². The molecule has 1 N–H and O–H groups in total. The zero-order valence-electron chi connectivity index (χ0n) is 16.7. The van der Waals surface area contributed by atoms with Gasteiger partial charge in [0.15, 0.2) is 0 Å². The molecule has 3 aromatic rings. The smallest absolute Gasteiger partial charge is 0.416 e. The monoisotopic (exact) mass is 469 g/mol. The molecule has 3 rings (SSSR count). The SMILES string of the molecule is Cc1cc(CCC(=O)O)c(C(F)(F)F)cc1OCc1c(Cl)nsc1-c1ccccc1C.